The molecule has 1 aliphatic heterocycles. The van der Waals surface area contributed by atoms with E-state index in [1.54, 1.807) is 13.1 Å². The van der Waals surface area contributed by atoms with Gasteiger partial charge in [-0.25, -0.2) is 0 Å². The lowest BCUT2D eigenvalue weighted by Gasteiger charge is -2.33. The highest BCUT2D eigenvalue weighted by Crippen LogP contribution is 2.28. The van der Waals surface area contributed by atoms with Crippen molar-refractivity contribution in [2.24, 2.45) is 5.92 Å². The Morgan fingerprint density at radius 2 is 1.70 bits per heavy atom. The van der Waals surface area contributed by atoms with Gasteiger partial charge in [-0.1, -0.05) is 18.2 Å². The number of anilines is 3. The van der Waals surface area contributed by atoms with Crippen LogP contribution in [0.2, 0.25) is 0 Å². The van der Waals surface area contributed by atoms with Crippen LogP contribution in [0.4, 0.5) is 31.0 Å². The molecule has 2 aliphatic rings. The van der Waals surface area contributed by atoms with Crippen LogP contribution in [-0.2, 0) is 11.3 Å². The van der Waals surface area contributed by atoms with E-state index in [9.17, 15) is 18.0 Å². The number of ether oxygens (including phenoxy) is 1. The number of benzene rings is 1. The summed E-state index contributed by atoms with van der Waals surface area (Å²) in [6.07, 6.45) is -1.99. The third-order valence-corrected chi connectivity index (χ3v) is 6.72. The second-order valence-electron chi connectivity index (χ2n) is 9.39. The summed E-state index contributed by atoms with van der Waals surface area (Å²) in [7, 11) is 3.86. The minimum absolute atomic E-state index is 0.0318. The average molecular weight is 523 g/mol. The summed E-state index contributed by atoms with van der Waals surface area (Å²) in [4.78, 5) is 30.7. The van der Waals surface area contributed by atoms with Crippen molar-refractivity contribution in [2.75, 3.05) is 55.8 Å². The van der Waals surface area contributed by atoms with Crippen LogP contribution in [0.3, 0.4) is 0 Å². The van der Waals surface area contributed by atoms with Crippen LogP contribution in [0.25, 0.3) is 0 Å². The number of nitrogens with zero attached hydrogens (tertiary/aromatic N) is 5. The van der Waals surface area contributed by atoms with Gasteiger partial charge in [0.2, 0.25) is 23.8 Å². The quantitative estimate of drug-likeness (QED) is 0.482. The number of hydrogen-bond acceptors (Lipinski definition) is 9. The molecule has 0 spiro atoms. The summed E-state index contributed by atoms with van der Waals surface area (Å²) in [5.74, 6) is 0.947. The highest BCUT2D eigenvalue weighted by atomic mass is 19.4. The first-order valence-corrected chi connectivity index (χ1v) is 12.5. The van der Waals surface area contributed by atoms with Crippen molar-refractivity contribution in [1.29, 1.82) is 0 Å². The predicted octanol–water partition coefficient (Wildman–Crippen LogP) is 2.85. The molecule has 0 radical (unpaired) electrons. The van der Waals surface area contributed by atoms with Crippen LogP contribution in [0, 0.1) is 5.92 Å². The van der Waals surface area contributed by atoms with E-state index in [1.807, 2.05) is 0 Å². The lowest BCUT2D eigenvalue weighted by atomic mass is 9.85. The Labute approximate surface area is 214 Å². The molecule has 1 amide bonds. The first-order valence-electron chi connectivity index (χ1n) is 12.5. The number of amides is 1. The molecular weight excluding hydrogens is 489 g/mol. The zero-order valence-corrected chi connectivity index (χ0v) is 21.0. The number of hydrogen-bond donors (Lipinski definition) is 3. The maximum Gasteiger partial charge on any atom is 0.573 e. The molecule has 1 aromatic carbocycles. The lowest BCUT2D eigenvalue weighted by molar-refractivity contribution is -0.274. The fraction of sp³-hybridized carbons (Fsp3) is 0.583. The number of likely N-dealkylation sites (N-methyl/N-ethyl adjacent to an activating group) is 1. The summed E-state index contributed by atoms with van der Waals surface area (Å²) in [6.45, 7) is 3.54. The average Bonchev–Trinajstić information content (AvgIpc) is 2.88. The van der Waals surface area contributed by atoms with Gasteiger partial charge in [0, 0.05) is 57.3 Å². The molecule has 0 bridgehead atoms. The molecular formula is C24H33F3N8O2. The van der Waals surface area contributed by atoms with Crippen molar-refractivity contribution in [3.63, 3.8) is 0 Å². The van der Waals surface area contributed by atoms with E-state index in [0.29, 0.717) is 30.7 Å². The second-order valence-corrected chi connectivity index (χ2v) is 9.39. The molecule has 1 saturated carbocycles. The van der Waals surface area contributed by atoms with Gasteiger partial charge in [-0.3, -0.25) is 4.79 Å². The summed E-state index contributed by atoms with van der Waals surface area (Å²) in [6, 6.07) is 5.92. The summed E-state index contributed by atoms with van der Waals surface area (Å²) in [5.41, 5.74) is 0.273. The van der Waals surface area contributed by atoms with E-state index in [2.05, 4.69) is 52.5 Å². The van der Waals surface area contributed by atoms with Gasteiger partial charge in [0.1, 0.15) is 5.75 Å². The normalized spacial score (nSPS) is 20.8. The molecule has 4 rings (SSSR count). The molecule has 1 aromatic heterocycles. The zero-order chi connectivity index (χ0) is 26.4. The Morgan fingerprint density at radius 3 is 2.38 bits per heavy atom. The van der Waals surface area contributed by atoms with Crippen molar-refractivity contribution in [2.45, 2.75) is 44.6 Å². The van der Waals surface area contributed by atoms with Gasteiger partial charge >= 0.3 is 6.36 Å². The Hall–Kier alpha value is -3.35. The van der Waals surface area contributed by atoms with Gasteiger partial charge in [0.25, 0.3) is 0 Å². The zero-order valence-electron chi connectivity index (χ0n) is 21.0. The van der Waals surface area contributed by atoms with Crippen molar-refractivity contribution in [1.82, 2.24) is 25.2 Å². The topological polar surface area (TPSA) is 108 Å². The van der Waals surface area contributed by atoms with E-state index >= 15 is 0 Å². The first-order chi connectivity index (χ1) is 17.7. The summed E-state index contributed by atoms with van der Waals surface area (Å²) < 4.78 is 42.0. The number of halogens is 3. The number of para-hydroxylation sites is 1. The van der Waals surface area contributed by atoms with Crippen LogP contribution in [0.15, 0.2) is 24.3 Å². The van der Waals surface area contributed by atoms with Crippen LogP contribution < -0.4 is 25.6 Å². The molecule has 10 nitrogen and oxygen atoms in total. The Bertz CT molecular complexity index is 1050. The van der Waals surface area contributed by atoms with Gasteiger partial charge in [0.15, 0.2) is 0 Å². The molecule has 202 valence electrons. The minimum atomic E-state index is -4.79. The SMILES string of the molecule is CNc1nc(N[C@H]2CC[C@@H](C(=O)NCc3ccccc3OC(F)(F)F)CC2)nc(N2CCN(C)CC2)n1. The van der Waals surface area contributed by atoms with Crippen LogP contribution in [0.5, 0.6) is 5.75 Å². The maximum atomic E-state index is 12.7. The van der Waals surface area contributed by atoms with E-state index in [0.717, 1.165) is 39.0 Å². The number of aromatic nitrogens is 3. The third-order valence-electron chi connectivity index (χ3n) is 6.72. The number of nitrogens with one attached hydrogen (secondary N) is 3. The van der Waals surface area contributed by atoms with E-state index < -0.39 is 6.36 Å². The predicted molar refractivity (Wildman–Crippen MR) is 133 cm³/mol. The molecule has 3 N–H and O–H groups in total. The van der Waals surface area contributed by atoms with Crippen molar-refractivity contribution in [3.05, 3.63) is 29.8 Å². The van der Waals surface area contributed by atoms with Gasteiger partial charge in [-0.05, 0) is 38.8 Å². The number of alkyl halides is 3. The molecule has 1 saturated heterocycles. The van der Waals surface area contributed by atoms with Crippen LogP contribution in [0.1, 0.15) is 31.2 Å². The molecule has 2 heterocycles. The van der Waals surface area contributed by atoms with Gasteiger partial charge in [0.05, 0.1) is 0 Å². The maximum absolute atomic E-state index is 12.7. The van der Waals surface area contributed by atoms with Gasteiger partial charge < -0.3 is 30.5 Å². The summed E-state index contributed by atoms with van der Waals surface area (Å²) in [5, 5.41) is 9.16. The minimum Gasteiger partial charge on any atom is -0.405 e. The Morgan fingerprint density at radius 1 is 1.03 bits per heavy atom. The monoisotopic (exact) mass is 522 g/mol. The van der Waals surface area contributed by atoms with Crippen molar-refractivity contribution < 1.29 is 22.7 Å². The fourth-order valence-corrected chi connectivity index (χ4v) is 4.57. The standard InChI is InChI=1S/C24H33F3N8O2/c1-28-21-31-22(33-23(32-21)35-13-11-34(2)12-14-35)30-18-9-7-16(8-10-18)20(36)29-15-17-5-3-4-6-19(17)37-24(25,26)27/h3-6,16,18H,7-15H2,1-2H3,(H,29,36)(H2,28,30,31,32,33)/t16-,18+. The molecule has 13 heteroatoms. The highest BCUT2D eigenvalue weighted by molar-refractivity contribution is 5.78. The van der Waals surface area contributed by atoms with E-state index in [-0.39, 0.29) is 35.7 Å². The second kappa shape index (κ2) is 11.8. The van der Waals surface area contributed by atoms with E-state index in [1.165, 1.54) is 18.2 Å². The molecule has 0 unspecified atom stereocenters. The number of carbonyl (C=O) groups is 1. The van der Waals surface area contributed by atoms with Crippen molar-refractivity contribution in [3.8, 4) is 5.75 Å². The van der Waals surface area contributed by atoms with Crippen LogP contribution >= 0.6 is 0 Å². The third kappa shape index (κ3) is 7.57. The Balaban J connectivity index is 1.29. The van der Waals surface area contributed by atoms with Gasteiger partial charge in [-0.15, -0.1) is 13.2 Å². The fourth-order valence-electron chi connectivity index (χ4n) is 4.57. The Kier molecular flexibility index (Phi) is 8.52. The molecule has 2 aromatic rings. The molecule has 2 fully saturated rings. The largest absolute Gasteiger partial charge is 0.573 e. The first kappa shape index (κ1) is 26.7. The smallest absolute Gasteiger partial charge is 0.405 e. The number of rotatable bonds is 8. The number of piperazine rings is 1. The molecule has 1 aliphatic carbocycles. The number of carbonyl (C=O) groups excluding carboxylic acids is 1. The summed E-state index contributed by atoms with van der Waals surface area (Å²) >= 11 is 0. The lowest BCUT2D eigenvalue weighted by Crippen LogP contribution is -2.45. The van der Waals surface area contributed by atoms with Gasteiger partial charge in [-0.2, -0.15) is 15.0 Å². The van der Waals surface area contributed by atoms with Crippen molar-refractivity contribution >= 4 is 23.8 Å². The van der Waals surface area contributed by atoms with E-state index in [4.69, 9.17) is 0 Å². The highest BCUT2D eigenvalue weighted by Gasteiger charge is 2.32. The van der Waals surface area contributed by atoms with Crippen LogP contribution in [-0.4, -0.2) is 78.4 Å². The molecule has 0 atom stereocenters. The molecule has 37 heavy (non-hydrogen) atoms.